The van der Waals surface area contributed by atoms with E-state index in [0.29, 0.717) is 0 Å². The zero-order valence-electron chi connectivity index (χ0n) is 26.7. The lowest BCUT2D eigenvalue weighted by Gasteiger charge is -2.04. The molecule has 1 N–H and O–H groups in total. The van der Waals surface area contributed by atoms with Gasteiger partial charge in [0, 0.05) is 5.11 Å². The maximum Gasteiger partial charge on any atom is 0.420 e. The maximum atomic E-state index is 7.69. The van der Waals surface area contributed by atoms with Crippen LogP contribution in [-0.2, 0) is 13.1 Å². The Morgan fingerprint density at radius 3 is 1.21 bits per heavy atom. The van der Waals surface area contributed by atoms with E-state index in [4.69, 9.17) is 5.53 Å². The zero-order chi connectivity index (χ0) is 28.1. The zero-order valence-corrected chi connectivity index (χ0v) is 26.7. The van der Waals surface area contributed by atoms with Gasteiger partial charge >= 0.3 is 5.95 Å². The van der Waals surface area contributed by atoms with E-state index in [-0.39, 0.29) is 0 Å². The van der Waals surface area contributed by atoms with Crippen molar-refractivity contribution in [2.45, 2.75) is 207 Å². The largest absolute Gasteiger partial charge is 0.420 e. The summed E-state index contributed by atoms with van der Waals surface area (Å²) in [5.74, 6) is 0.833. The number of aryl methyl sites for hydroxylation is 2. The number of nitrogens with one attached hydrogen (secondary N) is 1. The van der Waals surface area contributed by atoms with Crippen molar-refractivity contribution < 1.29 is 4.57 Å². The van der Waals surface area contributed by atoms with Gasteiger partial charge in [0.1, 0.15) is 0 Å². The molecule has 1 aromatic rings. The Bertz CT molecular complexity index is 589. The highest BCUT2D eigenvalue weighted by molar-refractivity contribution is 5.05. The van der Waals surface area contributed by atoms with Crippen LogP contribution < -0.4 is 4.57 Å². The summed E-state index contributed by atoms with van der Waals surface area (Å²) in [6.07, 6.45) is 43.3. The van der Waals surface area contributed by atoms with Crippen LogP contribution in [0, 0.1) is 5.53 Å². The molecule has 4 nitrogen and oxygen atoms in total. The monoisotopic (exact) mass is 546 g/mol. The SMILES string of the molecule is CCCCCCCCCCCCCCCCn1cc[n+](CCCCCCCCCCCCCCCC)c1N=N. The van der Waals surface area contributed by atoms with Gasteiger partial charge in [-0.3, -0.25) is 0 Å². The number of rotatable bonds is 31. The Balaban J connectivity index is 1.95. The van der Waals surface area contributed by atoms with E-state index in [0.717, 1.165) is 19.0 Å². The minimum absolute atomic E-state index is 0.833. The van der Waals surface area contributed by atoms with E-state index >= 15 is 0 Å². The van der Waals surface area contributed by atoms with Crippen LogP contribution >= 0.6 is 0 Å². The molecule has 0 atom stereocenters. The Labute approximate surface area is 244 Å². The Hall–Kier alpha value is -1.19. The van der Waals surface area contributed by atoms with Crippen molar-refractivity contribution in [2.24, 2.45) is 5.11 Å². The minimum atomic E-state index is 0.833. The van der Waals surface area contributed by atoms with E-state index in [9.17, 15) is 0 Å². The summed E-state index contributed by atoms with van der Waals surface area (Å²) in [6.45, 7) is 6.59. The van der Waals surface area contributed by atoms with Gasteiger partial charge in [0.05, 0.1) is 25.5 Å². The van der Waals surface area contributed by atoms with Crippen molar-refractivity contribution in [3.8, 4) is 0 Å². The highest BCUT2D eigenvalue weighted by atomic mass is 15.3. The van der Waals surface area contributed by atoms with Gasteiger partial charge in [0.25, 0.3) is 0 Å². The van der Waals surface area contributed by atoms with Crippen LogP contribution in [0.3, 0.4) is 0 Å². The summed E-state index contributed by atoms with van der Waals surface area (Å²) in [7, 11) is 0. The van der Waals surface area contributed by atoms with Gasteiger partial charge in [-0.2, -0.15) is 0 Å². The van der Waals surface area contributed by atoms with Crippen LogP contribution in [0.5, 0.6) is 0 Å². The molecule has 1 rings (SSSR count). The first-order chi connectivity index (χ1) is 19.3. The van der Waals surface area contributed by atoms with Crippen molar-refractivity contribution in [3.05, 3.63) is 12.4 Å². The van der Waals surface area contributed by atoms with Crippen molar-refractivity contribution in [1.29, 1.82) is 5.53 Å². The number of unbranched alkanes of at least 4 members (excludes halogenated alkanes) is 26. The minimum Gasteiger partial charge on any atom is -0.231 e. The number of aromatic nitrogens is 2. The van der Waals surface area contributed by atoms with Gasteiger partial charge in [0.15, 0.2) is 0 Å². The van der Waals surface area contributed by atoms with Crippen molar-refractivity contribution in [2.75, 3.05) is 0 Å². The van der Waals surface area contributed by atoms with E-state index in [2.05, 4.69) is 40.5 Å². The van der Waals surface area contributed by atoms with Crippen molar-refractivity contribution in [1.82, 2.24) is 4.57 Å². The molecule has 0 aliphatic heterocycles. The van der Waals surface area contributed by atoms with Crippen LogP contribution in [0.15, 0.2) is 17.5 Å². The molecular formula is C35H69N4+. The third-order valence-corrected chi connectivity index (χ3v) is 8.55. The first kappa shape index (κ1) is 35.8. The molecule has 39 heavy (non-hydrogen) atoms. The van der Waals surface area contributed by atoms with Crippen molar-refractivity contribution >= 4 is 5.95 Å². The van der Waals surface area contributed by atoms with E-state index < -0.39 is 0 Å². The third-order valence-electron chi connectivity index (χ3n) is 8.55. The molecule has 1 aromatic heterocycles. The lowest BCUT2D eigenvalue weighted by molar-refractivity contribution is -0.684. The molecule has 4 heteroatoms. The molecule has 0 unspecified atom stereocenters. The van der Waals surface area contributed by atoms with E-state index in [1.807, 2.05) is 0 Å². The summed E-state index contributed by atoms with van der Waals surface area (Å²) in [5.41, 5.74) is 7.69. The molecule has 0 bridgehead atoms. The second kappa shape index (κ2) is 28.3. The summed E-state index contributed by atoms with van der Waals surface area (Å²) >= 11 is 0. The van der Waals surface area contributed by atoms with Gasteiger partial charge in [-0.15, -0.1) is 5.53 Å². The molecule has 0 aliphatic rings. The standard InChI is InChI=1S/C35H69N4/c1-3-5-7-9-11-13-15-17-19-21-23-25-27-29-31-38-33-34-39(35(38)37-36)32-30-28-26-24-22-20-18-16-14-12-10-8-6-4-2/h33-34,36H,3-32H2,1-2H3/q+1. The first-order valence-corrected chi connectivity index (χ1v) is 17.8. The fraction of sp³-hybridized carbons (Fsp3) is 0.914. The first-order valence-electron chi connectivity index (χ1n) is 17.8. The number of imidazole rings is 1. The molecule has 0 aromatic carbocycles. The van der Waals surface area contributed by atoms with Gasteiger partial charge < -0.3 is 0 Å². The predicted molar refractivity (Wildman–Crippen MR) is 170 cm³/mol. The highest BCUT2D eigenvalue weighted by Gasteiger charge is 2.15. The molecular weight excluding hydrogens is 476 g/mol. The third kappa shape index (κ3) is 21.3. The molecule has 0 saturated carbocycles. The van der Waals surface area contributed by atoms with Crippen LogP contribution in [0.2, 0.25) is 0 Å². The van der Waals surface area contributed by atoms with Crippen LogP contribution in [0.4, 0.5) is 5.95 Å². The Kier molecular flexibility index (Phi) is 26.0. The molecule has 228 valence electrons. The smallest absolute Gasteiger partial charge is 0.231 e. The van der Waals surface area contributed by atoms with Gasteiger partial charge in [0.2, 0.25) is 0 Å². The average molecular weight is 546 g/mol. The summed E-state index contributed by atoms with van der Waals surface area (Å²) in [4.78, 5) is 0. The molecule has 0 amide bonds. The van der Waals surface area contributed by atoms with Crippen LogP contribution in [0.25, 0.3) is 0 Å². The Morgan fingerprint density at radius 2 is 0.846 bits per heavy atom. The van der Waals surface area contributed by atoms with Crippen LogP contribution in [-0.4, -0.2) is 4.57 Å². The predicted octanol–water partition coefficient (Wildman–Crippen LogP) is 12.4. The van der Waals surface area contributed by atoms with Crippen molar-refractivity contribution in [3.63, 3.8) is 0 Å². The van der Waals surface area contributed by atoms with E-state index in [1.54, 1.807) is 0 Å². The summed E-state index contributed by atoms with van der Waals surface area (Å²) in [5, 5.41) is 3.88. The lowest BCUT2D eigenvalue weighted by atomic mass is 10.0. The Morgan fingerprint density at radius 1 is 0.513 bits per heavy atom. The number of hydrogen-bond donors (Lipinski definition) is 1. The molecule has 0 saturated heterocycles. The lowest BCUT2D eigenvalue weighted by Crippen LogP contribution is -2.32. The number of hydrogen-bond acceptors (Lipinski definition) is 2. The maximum absolute atomic E-state index is 7.69. The fourth-order valence-corrected chi connectivity index (χ4v) is 5.89. The second-order valence-electron chi connectivity index (χ2n) is 12.3. The molecule has 0 fully saturated rings. The van der Waals surface area contributed by atoms with E-state index in [1.165, 1.54) is 180 Å². The fourth-order valence-electron chi connectivity index (χ4n) is 5.89. The molecule has 0 aliphatic carbocycles. The van der Waals surface area contributed by atoms with Gasteiger partial charge in [-0.25, -0.2) is 9.13 Å². The molecule has 0 radical (unpaired) electrons. The van der Waals surface area contributed by atoms with Gasteiger partial charge in [-0.1, -0.05) is 181 Å². The second-order valence-corrected chi connectivity index (χ2v) is 12.3. The topological polar surface area (TPSA) is 45.0 Å². The van der Waals surface area contributed by atoms with Crippen LogP contribution in [0.1, 0.15) is 194 Å². The van der Waals surface area contributed by atoms with Gasteiger partial charge in [-0.05, 0) is 12.8 Å². The number of nitrogens with zero attached hydrogens (tertiary/aromatic N) is 3. The quantitative estimate of drug-likeness (QED) is 0.0548. The molecule has 1 heterocycles. The normalized spacial score (nSPS) is 11.4. The average Bonchev–Trinajstić information content (AvgIpc) is 3.34. The summed E-state index contributed by atoms with van der Waals surface area (Å²) < 4.78 is 4.38. The highest BCUT2D eigenvalue weighted by Crippen LogP contribution is 2.16. The molecule has 0 spiro atoms. The summed E-state index contributed by atoms with van der Waals surface area (Å²) in [6, 6.07) is 0.